The second kappa shape index (κ2) is 7.87. The van der Waals surface area contributed by atoms with Gasteiger partial charge in [0.1, 0.15) is 0 Å². The molecule has 1 heterocycles. The monoisotopic (exact) mass is 312 g/mol. The van der Waals surface area contributed by atoms with E-state index in [0.29, 0.717) is 11.8 Å². The van der Waals surface area contributed by atoms with Crippen LogP contribution in [0.1, 0.15) is 65.2 Å². The fourth-order valence-electron chi connectivity index (χ4n) is 3.81. The van der Waals surface area contributed by atoms with Gasteiger partial charge in [-0.25, -0.2) is 0 Å². The van der Waals surface area contributed by atoms with Gasteiger partial charge in [-0.3, -0.25) is 10.1 Å². The minimum Gasteiger partial charge on any atom is -0.326 e. The molecule has 0 aromatic heterocycles. The number of amides is 1. The normalized spacial score (nSPS) is 24.7. The molecule has 1 N–H and O–H groups in total. The lowest BCUT2D eigenvalue weighted by Gasteiger charge is -2.25. The molecule has 1 saturated heterocycles. The molecule has 1 aliphatic carbocycles. The molecule has 1 saturated carbocycles. The van der Waals surface area contributed by atoms with E-state index in [1.807, 2.05) is 11.8 Å². The van der Waals surface area contributed by atoms with Gasteiger partial charge in [0, 0.05) is 6.54 Å². The Bertz CT molecular complexity index is 340. The van der Waals surface area contributed by atoms with Crippen molar-refractivity contribution >= 4 is 17.7 Å². The van der Waals surface area contributed by atoms with Gasteiger partial charge in [-0.15, -0.1) is 0 Å². The van der Waals surface area contributed by atoms with Crippen molar-refractivity contribution in [3.05, 3.63) is 0 Å². The summed E-state index contributed by atoms with van der Waals surface area (Å²) in [6.45, 7) is 5.45. The quantitative estimate of drug-likeness (QED) is 0.695. The predicted molar refractivity (Wildman–Crippen MR) is 91.5 cm³/mol. The molecule has 1 amide bonds. The number of hydrogen-bond acceptors (Lipinski definition) is 3. The molecule has 4 heteroatoms. The first kappa shape index (κ1) is 17.1. The van der Waals surface area contributed by atoms with Crippen molar-refractivity contribution in [1.29, 1.82) is 0 Å². The van der Waals surface area contributed by atoms with Crippen LogP contribution in [0.5, 0.6) is 0 Å². The van der Waals surface area contributed by atoms with Gasteiger partial charge >= 0.3 is 0 Å². The highest BCUT2D eigenvalue weighted by molar-refractivity contribution is 7.98. The molecule has 1 unspecified atom stereocenters. The maximum atomic E-state index is 12.9. The summed E-state index contributed by atoms with van der Waals surface area (Å²) in [5, 5.41) is 3.72. The van der Waals surface area contributed by atoms with Crippen LogP contribution >= 0.6 is 11.8 Å². The van der Waals surface area contributed by atoms with E-state index in [4.69, 9.17) is 0 Å². The highest BCUT2D eigenvalue weighted by Crippen LogP contribution is 2.37. The van der Waals surface area contributed by atoms with Crippen LogP contribution in [0, 0.1) is 5.92 Å². The Morgan fingerprint density at radius 2 is 2.00 bits per heavy atom. The number of nitrogens with zero attached hydrogens (tertiary/aromatic N) is 1. The zero-order valence-electron chi connectivity index (χ0n) is 14.0. The zero-order chi connectivity index (χ0) is 15.3. The summed E-state index contributed by atoms with van der Waals surface area (Å²) in [5.74, 6) is 2.27. The molecule has 1 aliphatic heterocycles. The third kappa shape index (κ3) is 4.16. The Balaban J connectivity index is 1.92. The minimum atomic E-state index is -0.196. The molecule has 1 spiro atoms. The zero-order valence-corrected chi connectivity index (χ0v) is 14.8. The molecule has 2 rings (SSSR count). The van der Waals surface area contributed by atoms with Crippen molar-refractivity contribution in [3.8, 4) is 0 Å². The van der Waals surface area contributed by atoms with Crippen LogP contribution in [-0.2, 0) is 4.79 Å². The van der Waals surface area contributed by atoms with Crippen molar-refractivity contribution in [2.24, 2.45) is 5.92 Å². The number of unbranched alkanes of at least 4 members (excludes halogenated alkanes) is 2. The fraction of sp³-hybridized carbons (Fsp3) is 0.941. The van der Waals surface area contributed by atoms with Gasteiger partial charge in [-0.05, 0) is 50.0 Å². The minimum absolute atomic E-state index is 0.196. The van der Waals surface area contributed by atoms with Gasteiger partial charge < -0.3 is 4.90 Å². The van der Waals surface area contributed by atoms with Crippen molar-refractivity contribution in [3.63, 3.8) is 0 Å². The number of carbonyl (C=O) groups excluding carboxylic acids is 1. The molecular weight excluding hydrogens is 280 g/mol. The number of nitrogens with one attached hydrogen (secondary N) is 1. The summed E-state index contributed by atoms with van der Waals surface area (Å²) in [6.07, 6.45) is 11.7. The Kier molecular flexibility index (Phi) is 6.42. The maximum Gasteiger partial charge on any atom is 0.244 e. The average Bonchev–Trinajstić information content (AvgIpc) is 2.99. The summed E-state index contributed by atoms with van der Waals surface area (Å²) >= 11 is 1.92. The van der Waals surface area contributed by atoms with Crippen LogP contribution in [0.25, 0.3) is 0 Å². The van der Waals surface area contributed by atoms with Gasteiger partial charge in [0.25, 0.3) is 0 Å². The summed E-state index contributed by atoms with van der Waals surface area (Å²) in [5.41, 5.74) is -0.196. The Morgan fingerprint density at radius 3 is 2.62 bits per heavy atom. The lowest BCUT2D eigenvalue weighted by atomic mass is 9.98. The van der Waals surface area contributed by atoms with Crippen molar-refractivity contribution in [2.75, 3.05) is 18.6 Å². The highest BCUT2D eigenvalue weighted by Gasteiger charge is 2.51. The number of thioether (sulfide) groups is 1. The highest BCUT2D eigenvalue weighted by atomic mass is 32.2. The van der Waals surface area contributed by atoms with Crippen molar-refractivity contribution < 1.29 is 4.79 Å². The van der Waals surface area contributed by atoms with E-state index in [1.54, 1.807) is 0 Å². The van der Waals surface area contributed by atoms with E-state index in [1.165, 1.54) is 31.4 Å². The lowest BCUT2D eigenvalue weighted by molar-refractivity contribution is -0.133. The standard InChI is InChI=1S/C17H32N2OS/c1-14(2)13-15-18-17(9-5-6-10-17)16(20)19(15)11-7-4-8-12-21-3/h14-15,18H,4-13H2,1-3H3. The first-order valence-electron chi connectivity index (χ1n) is 8.67. The predicted octanol–water partition coefficient (Wildman–Crippen LogP) is 3.64. The van der Waals surface area contributed by atoms with E-state index in [2.05, 4.69) is 30.3 Å². The van der Waals surface area contributed by atoms with Gasteiger partial charge in [-0.1, -0.05) is 33.1 Å². The van der Waals surface area contributed by atoms with E-state index in [9.17, 15) is 4.79 Å². The molecule has 0 bridgehead atoms. The largest absolute Gasteiger partial charge is 0.326 e. The average molecular weight is 313 g/mol. The topological polar surface area (TPSA) is 32.3 Å². The SMILES string of the molecule is CSCCCCCN1C(=O)C2(CCCC2)NC1CC(C)C. The molecule has 122 valence electrons. The van der Waals surface area contributed by atoms with Gasteiger partial charge in [-0.2, -0.15) is 11.8 Å². The smallest absolute Gasteiger partial charge is 0.244 e. The van der Waals surface area contributed by atoms with E-state index < -0.39 is 0 Å². The van der Waals surface area contributed by atoms with E-state index >= 15 is 0 Å². The first-order valence-corrected chi connectivity index (χ1v) is 10.1. The summed E-state index contributed by atoms with van der Waals surface area (Å²) < 4.78 is 0. The molecule has 1 atom stereocenters. The molecule has 0 radical (unpaired) electrons. The number of rotatable bonds is 8. The Labute approximate surface area is 134 Å². The summed E-state index contributed by atoms with van der Waals surface area (Å²) in [4.78, 5) is 15.1. The maximum absolute atomic E-state index is 12.9. The summed E-state index contributed by atoms with van der Waals surface area (Å²) in [7, 11) is 0. The molecular formula is C17H32N2OS. The van der Waals surface area contributed by atoms with Gasteiger partial charge in [0.15, 0.2) is 0 Å². The fourth-order valence-corrected chi connectivity index (χ4v) is 4.30. The van der Waals surface area contributed by atoms with Crippen LogP contribution in [0.15, 0.2) is 0 Å². The second-order valence-corrected chi connectivity index (χ2v) is 8.12. The number of carbonyl (C=O) groups is 1. The Morgan fingerprint density at radius 1 is 1.29 bits per heavy atom. The summed E-state index contributed by atoms with van der Waals surface area (Å²) in [6, 6.07) is 0. The third-order valence-electron chi connectivity index (χ3n) is 4.89. The molecule has 3 nitrogen and oxygen atoms in total. The Hall–Kier alpha value is -0.220. The van der Waals surface area contributed by atoms with Crippen LogP contribution in [0.4, 0.5) is 0 Å². The number of hydrogen-bond donors (Lipinski definition) is 1. The van der Waals surface area contributed by atoms with Crippen LogP contribution < -0.4 is 5.32 Å². The van der Waals surface area contributed by atoms with Crippen LogP contribution in [-0.4, -0.2) is 41.1 Å². The first-order chi connectivity index (χ1) is 10.1. The van der Waals surface area contributed by atoms with Gasteiger partial charge in [0.2, 0.25) is 5.91 Å². The third-order valence-corrected chi connectivity index (χ3v) is 5.59. The second-order valence-electron chi connectivity index (χ2n) is 7.13. The van der Waals surface area contributed by atoms with Crippen LogP contribution in [0.2, 0.25) is 0 Å². The van der Waals surface area contributed by atoms with Crippen molar-refractivity contribution in [2.45, 2.75) is 76.9 Å². The molecule has 2 aliphatic rings. The molecule has 2 fully saturated rings. The van der Waals surface area contributed by atoms with Crippen molar-refractivity contribution in [1.82, 2.24) is 10.2 Å². The van der Waals surface area contributed by atoms with Crippen LogP contribution in [0.3, 0.4) is 0 Å². The molecule has 21 heavy (non-hydrogen) atoms. The lowest BCUT2D eigenvalue weighted by Crippen LogP contribution is -2.44. The van der Waals surface area contributed by atoms with E-state index in [-0.39, 0.29) is 11.7 Å². The molecule has 0 aromatic carbocycles. The van der Waals surface area contributed by atoms with Gasteiger partial charge in [0.05, 0.1) is 11.7 Å². The van der Waals surface area contributed by atoms with E-state index in [0.717, 1.165) is 32.2 Å². The molecule has 0 aromatic rings.